The van der Waals surface area contributed by atoms with Crippen molar-refractivity contribution in [3.05, 3.63) is 53.1 Å². The van der Waals surface area contributed by atoms with Crippen LogP contribution in [0.2, 0.25) is 0 Å². The highest BCUT2D eigenvalue weighted by molar-refractivity contribution is 5.96. The number of aryl methyl sites for hydroxylation is 1. The number of hydrazine groups is 1. The molecule has 0 radical (unpaired) electrons. The molecule has 0 unspecified atom stereocenters. The van der Waals surface area contributed by atoms with Gasteiger partial charge in [-0.25, -0.2) is 0 Å². The summed E-state index contributed by atoms with van der Waals surface area (Å²) >= 11 is 0. The average Bonchev–Trinajstić information content (AvgIpc) is 2.70. The second kappa shape index (κ2) is 10.9. The number of benzene rings is 2. The average molecular weight is 400 g/mol. The SMILES string of the molecule is CCOc1cc(C(=O)NNC(=O)Cc2ccc(C)cc2)cc(OCC)c1OCC. The zero-order valence-corrected chi connectivity index (χ0v) is 17.3. The second-order valence-electron chi connectivity index (χ2n) is 6.27. The van der Waals surface area contributed by atoms with Gasteiger partial charge in [0.15, 0.2) is 11.5 Å². The topological polar surface area (TPSA) is 85.9 Å². The number of nitrogens with one attached hydrogen (secondary N) is 2. The molecule has 0 aliphatic rings. The minimum absolute atomic E-state index is 0.165. The van der Waals surface area contributed by atoms with Crippen molar-refractivity contribution in [2.24, 2.45) is 0 Å². The first-order valence-corrected chi connectivity index (χ1v) is 9.69. The van der Waals surface area contributed by atoms with E-state index in [9.17, 15) is 9.59 Å². The van der Waals surface area contributed by atoms with Gasteiger partial charge < -0.3 is 14.2 Å². The van der Waals surface area contributed by atoms with Crippen molar-refractivity contribution in [1.29, 1.82) is 0 Å². The van der Waals surface area contributed by atoms with Gasteiger partial charge >= 0.3 is 0 Å². The Morgan fingerprint density at radius 1 is 0.828 bits per heavy atom. The van der Waals surface area contributed by atoms with Crippen LogP contribution in [0.1, 0.15) is 42.3 Å². The molecule has 0 spiro atoms. The summed E-state index contributed by atoms with van der Waals surface area (Å²) in [6.07, 6.45) is 0.165. The molecule has 2 rings (SSSR count). The molecule has 0 heterocycles. The maximum atomic E-state index is 12.6. The Morgan fingerprint density at radius 2 is 1.38 bits per heavy atom. The van der Waals surface area contributed by atoms with Gasteiger partial charge in [0.05, 0.1) is 26.2 Å². The highest BCUT2D eigenvalue weighted by Crippen LogP contribution is 2.39. The summed E-state index contributed by atoms with van der Waals surface area (Å²) < 4.78 is 16.8. The van der Waals surface area contributed by atoms with Crippen LogP contribution < -0.4 is 25.1 Å². The Labute approximate surface area is 171 Å². The third kappa shape index (κ3) is 6.41. The fraction of sp³-hybridized carbons (Fsp3) is 0.364. The van der Waals surface area contributed by atoms with Crippen molar-refractivity contribution in [2.45, 2.75) is 34.1 Å². The van der Waals surface area contributed by atoms with E-state index in [1.807, 2.05) is 52.0 Å². The number of amides is 2. The molecular weight excluding hydrogens is 372 g/mol. The smallest absolute Gasteiger partial charge is 0.269 e. The van der Waals surface area contributed by atoms with Crippen LogP contribution in [0, 0.1) is 6.92 Å². The maximum absolute atomic E-state index is 12.6. The molecule has 0 fully saturated rings. The Kier molecular flexibility index (Phi) is 8.33. The second-order valence-corrected chi connectivity index (χ2v) is 6.27. The predicted molar refractivity (Wildman–Crippen MR) is 110 cm³/mol. The maximum Gasteiger partial charge on any atom is 0.269 e. The summed E-state index contributed by atoms with van der Waals surface area (Å²) in [4.78, 5) is 24.7. The first kappa shape index (κ1) is 22.1. The van der Waals surface area contributed by atoms with Crippen molar-refractivity contribution < 1.29 is 23.8 Å². The third-order valence-corrected chi connectivity index (χ3v) is 3.97. The molecule has 0 aromatic heterocycles. The van der Waals surface area contributed by atoms with Crippen LogP contribution in [0.4, 0.5) is 0 Å². The summed E-state index contributed by atoms with van der Waals surface area (Å²) in [7, 11) is 0. The van der Waals surface area contributed by atoms with Gasteiger partial charge in [-0.05, 0) is 45.4 Å². The molecule has 0 bridgehead atoms. The normalized spacial score (nSPS) is 10.2. The molecule has 2 amide bonds. The van der Waals surface area contributed by atoms with Crippen molar-refractivity contribution in [3.63, 3.8) is 0 Å². The molecule has 29 heavy (non-hydrogen) atoms. The molecular formula is C22H28N2O5. The molecule has 2 N–H and O–H groups in total. The summed E-state index contributed by atoms with van der Waals surface area (Å²) in [5.41, 5.74) is 7.13. The minimum Gasteiger partial charge on any atom is -0.490 e. The fourth-order valence-electron chi connectivity index (χ4n) is 2.65. The van der Waals surface area contributed by atoms with Crippen LogP contribution in [0.25, 0.3) is 0 Å². The van der Waals surface area contributed by atoms with Crippen LogP contribution in [-0.4, -0.2) is 31.6 Å². The third-order valence-electron chi connectivity index (χ3n) is 3.97. The zero-order valence-electron chi connectivity index (χ0n) is 17.3. The zero-order chi connectivity index (χ0) is 21.2. The van der Waals surface area contributed by atoms with E-state index in [0.29, 0.717) is 37.1 Å². The van der Waals surface area contributed by atoms with Gasteiger partial charge in [-0.15, -0.1) is 0 Å². The Hall–Kier alpha value is -3.22. The van der Waals surface area contributed by atoms with Crippen LogP contribution >= 0.6 is 0 Å². The van der Waals surface area contributed by atoms with Gasteiger partial charge in [-0.3, -0.25) is 20.4 Å². The number of hydrogen-bond donors (Lipinski definition) is 2. The van der Waals surface area contributed by atoms with E-state index in [4.69, 9.17) is 14.2 Å². The van der Waals surface area contributed by atoms with E-state index < -0.39 is 5.91 Å². The van der Waals surface area contributed by atoms with Gasteiger partial charge in [0.1, 0.15) is 0 Å². The van der Waals surface area contributed by atoms with E-state index in [1.165, 1.54) is 0 Å². The first-order chi connectivity index (χ1) is 14.0. The summed E-state index contributed by atoms with van der Waals surface area (Å²) in [6.45, 7) is 8.76. The van der Waals surface area contributed by atoms with Crippen molar-refractivity contribution in [1.82, 2.24) is 10.9 Å². The fourth-order valence-corrected chi connectivity index (χ4v) is 2.65. The lowest BCUT2D eigenvalue weighted by atomic mass is 10.1. The summed E-state index contributed by atoms with van der Waals surface area (Å²) in [5.74, 6) is 0.486. The van der Waals surface area contributed by atoms with Crippen molar-refractivity contribution >= 4 is 11.8 Å². The van der Waals surface area contributed by atoms with Gasteiger partial charge in [0.2, 0.25) is 11.7 Å². The van der Waals surface area contributed by atoms with Crippen molar-refractivity contribution in [3.8, 4) is 17.2 Å². The lowest BCUT2D eigenvalue weighted by Gasteiger charge is -2.17. The lowest BCUT2D eigenvalue weighted by molar-refractivity contribution is -0.121. The van der Waals surface area contributed by atoms with Gasteiger partial charge in [0.25, 0.3) is 5.91 Å². The number of carbonyl (C=O) groups excluding carboxylic acids is 2. The largest absolute Gasteiger partial charge is 0.490 e. The van der Waals surface area contributed by atoms with Crippen LogP contribution in [0.3, 0.4) is 0 Å². The number of rotatable bonds is 9. The van der Waals surface area contributed by atoms with E-state index in [-0.39, 0.29) is 17.9 Å². The first-order valence-electron chi connectivity index (χ1n) is 9.69. The minimum atomic E-state index is -0.479. The molecule has 0 atom stereocenters. The van der Waals surface area contributed by atoms with Gasteiger partial charge in [-0.1, -0.05) is 29.8 Å². The van der Waals surface area contributed by atoms with Crippen molar-refractivity contribution in [2.75, 3.05) is 19.8 Å². The standard InChI is InChI=1S/C22H28N2O5/c1-5-27-18-13-17(14-19(28-6-2)21(18)29-7-3)22(26)24-23-20(25)12-16-10-8-15(4)9-11-16/h8-11,13-14H,5-7,12H2,1-4H3,(H,23,25)(H,24,26). The lowest BCUT2D eigenvalue weighted by Crippen LogP contribution is -2.42. The molecule has 0 aliphatic carbocycles. The molecule has 0 aliphatic heterocycles. The molecule has 0 saturated heterocycles. The highest BCUT2D eigenvalue weighted by Gasteiger charge is 2.18. The molecule has 7 heteroatoms. The van der Waals surface area contributed by atoms with Gasteiger partial charge in [-0.2, -0.15) is 0 Å². The van der Waals surface area contributed by atoms with E-state index >= 15 is 0 Å². The van der Waals surface area contributed by atoms with Crippen LogP contribution in [-0.2, 0) is 11.2 Å². The Balaban J connectivity index is 2.10. The van der Waals surface area contributed by atoms with Crippen LogP contribution in [0.15, 0.2) is 36.4 Å². The molecule has 156 valence electrons. The van der Waals surface area contributed by atoms with E-state index in [1.54, 1.807) is 12.1 Å². The Bertz CT molecular complexity index is 807. The number of hydrogen-bond acceptors (Lipinski definition) is 5. The predicted octanol–water partition coefficient (Wildman–Crippen LogP) is 3.19. The Morgan fingerprint density at radius 3 is 1.90 bits per heavy atom. The summed E-state index contributed by atoms with van der Waals surface area (Å²) in [5, 5.41) is 0. The monoisotopic (exact) mass is 400 g/mol. The van der Waals surface area contributed by atoms with Gasteiger partial charge in [0, 0.05) is 5.56 Å². The molecule has 2 aromatic rings. The highest BCUT2D eigenvalue weighted by atomic mass is 16.5. The quantitative estimate of drug-likeness (QED) is 0.632. The molecule has 0 saturated carbocycles. The van der Waals surface area contributed by atoms with E-state index in [0.717, 1.165) is 11.1 Å². The molecule has 2 aromatic carbocycles. The molecule has 7 nitrogen and oxygen atoms in total. The number of carbonyl (C=O) groups is 2. The van der Waals surface area contributed by atoms with E-state index in [2.05, 4.69) is 10.9 Å². The number of ether oxygens (including phenoxy) is 3. The van der Waals surface area contributed by atoms with Crippen LogP contribution in [0.5, 0.6) is 17.2 Å². The summed E-state index contributed by atoms with van der Waals surface area (Å²) in [6, 6.07) is 10.8.